The molecule has 0 radical (unpaired) electrons. The summed E-state index contributed by atoms with van der Waals surface area (Å²) in [5, 5.41) is 11.9. The van der Waals surface area contributed by atoms with E-state index in [9.17, 15) is 0 Å². The zero-order valence-corrected chi connectivity index (χ0v) is 33.7. The second-order valence-electron chi connectivity index (χ2n) is 14.9. The van der Waals surface area contributed by atoms with Gasteiger partial charge in [0, 0.05) is 38.2 Å². The van der Waals surface area contributed by atoms with Crippen LogP contribution in [0.4, 0.5) is 0 Å². The van der Waals surface area contributed by atoms with Crippen LogP contribution >= 0.6 is 15.5 Å². The predicted molar refractivity (Wildman–Crippen MR) is 251 cm³/mol. The minimum atomic E-state index is -3.49. The van der Waals surface area contributed by atoms with E-state index in [1.165, 1.54) is 0 Å². The molecule has 3 nitrogen and oxygen atoms in total. The Morgan fingerprint density at radius 1 is 0.475 bits per heavy atom. The SMILES string of the molecule is C=Cc1ccc2c(-c3c(P(=O)(c4ccccc4)c4ccccc4)ccc4ccccc34)c(O[P@@]3Oc4ccc5ccccc5c4-c4c3ccc3ccccc43)ccc2c1. The minimum absolute atomic E-state index is 0.656. The van der Waals surface area contributed by atoms with Crippen LogP contribution in [0.2, 0.25) is 0 Å². The third-order valence-corrected chi connectivity index (χ3v) is 16.2. The number of hydrogen-bond acceptors (Lipinski definition) is 3. The Kier molecular flexibility index (Phi) is 8.56. The molecule has 0 aromatic heterocycles. The van der Waals surface area contributed by atoms with Gasteiger partial charge in [0.15, 0.2) is 7.14 Å². The number of hydrogen-bond donors (Lipinski definition) is 0. The molecule has 1 atom stereocenters. The smallest absolute Gasteiger partial charge is 0.326 e. The maximum absolute atomic E-state index is 16.5. The highest BCUT2D eigenvalue weighted by Crippen LogP contribution is 2.56. The first kappa shape index (κ1) is 35.4. The van der Waals surface area contributed by atoms with E-state index in [0.717, 1.165) is 97.9 Å². The summed E-state index contributed by atoms with van der Waals surface area (Å²) in [6.45, 7) is 4.07. The molecular formula is C54H36O3P2. The lowest BCUT2D eigenvalue weighted by molar-refractivity contribution is 0.502. The van der Waals surface area contributed by atoms with Crippen LogP contribution in [0.5, 0.6) is 11.5 Å². The summed E-state index contributed by atoms with van der Waals surface area (Å²) < 4.78 is 30.9. The first-order chi connectivity index (χ1) is 29.1. The maximum atomic E-state index is 16.5. The highest BCUT2D eigenvalue weighted by molar-refractivity contribution is 7.85. The number of benzene rings is 10. The molecule has 0 saturated carbocycles. The first-order valence-corrected chi connectivity index (χ1v) is 22.6. The van der Waals surface area contributed by atoms with Gasteiger partial charge in [-0.2, -0.15) is 0 Å². The van der Waals surface area contributed by atoms with Gasteiger partial charge in [-0.05, 0) is 79.0 Å². The Morgan fingerprint density at radius 3 is 1.64 bits per heavy atom. The highest BCUT2D eigenvalue weighted by atomic mass is 31.2. The van der Waals surface area contributed by atoms with Crippen LogP contribution in [0.25, 0.3) is 71.4 Å². The monoisotopic (exact) mass is 794 g/mol. The third-order valence-electron chi connectivity index (χ3n) is 11.6. The molecule has 0 fully saturated rings. The second kappa shape index (κ2) is 14.3. The lowest BCUT2D eigenvalue weighted by Crippen LogP contribution is -2.26. The maximum Gasteiger partial charge on any atom is 0.326 e. The lowest BCUT2D eigenvalue weighted by Gasteiger charge is -2.30. The van der Waals surface area contributed by atoms with E-state index < -0.39 is 15.5 Å². The molecule has 11 rings (SSSR count). The summed E-state index contributed by atoms with van der Waals surface area (Å²) in [4.78, 5) is 0. The molecule has 0 saturated heterocycles. The van der Waals surface area contributed by atoms with E-state index in [0.29, 0.717) is 5.75 Å². The van der Waals surface area contributed by atoms with Crippen molar-refractivity contribution < 1.29 is 13.6 Å². The fourth-order valence-electron chi connectivity index (χ4n) is 8.83. The lowest BCUT2D eigenvalue weighted by atomic mass is 9.92. The van der Waals surface area contributed by atoms with E-state index in [4.69, 9.17) is 9.05 Å². The van der Waals surface area contributed by atoms with Crippen LogP contribution in [0.3, 0.4) is 0 Å². The van der Waals surface area contributed by atoms with E-state index in [1.54, 1.807) is 0 Å². The summed E-state index contributed by atoms with van der Waals surface area (Å²) in [6.07, 6.45) is 1.87. The average Bonchev–Trinajstić information content (AvgIpc) is 3.31. The van der Waals surface area contributed by atoms with E-state index in [1.807, 2.05) is 66.7 Å². The van der Waals surface area contributed by atoms with Crippen molar-refractivity contribution in [1.82, 2.24) is 0 Å². The van der Waals surface area contributed by atoms with Gasteiger partial charge in [-0.25, -0.2) is 0 Å². The molecule has 0 unspecified atom stereocenters. The molecule has 0 N–H and O–H groups in total. The molecule has 59 heavy (non-hydrogen) atoms. The third kappa shape index (κ3) is 5.73. The molecular weight excluding hydrogens is 759 g/mol. The van der Waals surface area contributed by atoms with Crippen molar-refractivity contribution in [3.05, 3.63) is 212 Å². The van der Waals surface area contributed by atoms with Crippen molar-refractivity contribution in [1.29, 1.82) is 0 Å². The first-order valence-electron chi connectivity index (χ1n) is 19.7. The van der Waals surface area contributed by atoms with Gasteiger partial charge in [0.1, 0.15) is 11.5 Å². The van der Waals surface area contributed by atoms with E-state index in [2.05, 4.69) is 146 Å². The zero-order chi connectivity index (χ0) is 39.5. The van der Waals surface area contributed by atoms with Crippen molar-refractivity contribution >= 4 is 85.9 Å². The van der Waals surface area contributed by atoms with Gasteiger partial charge in [-0.1, -0.05) is 183 Å². The highest BCUT2D eigenvalue weighted by Gasteiger charge is 2.36. The molecule has 5 heteroatoms. The molecule has 0 aliphatic carbocycles. The Morgan fingerprint density at radius 2 is 1.00 bits per heavy atom. The second-order valence-corrected chi connectivity index (χ2v) is 19.0. The van der Waals surface area contributed by atoms with Crippen molar-refractivity contribution in [2.45, 2.75) is 0 Å². The van der Waals surface area contributed by atoms with Gasteiger partial charge < -0.3 is 13.6 Å². The van der Waals surface area contributed by atoms with Gasteiger partial charge in [0.2, 0.25) is 0 Å². The van der Waals surface area contributed by atoms with Gasteiger partial charge in [0.25, 0.3) is 0 Å². The minimum Gasteiger partial charge on any atom is -0.435 e. The molecule has 1 aliphatic heterocycles. The average molecular weight is 795 g/mol. The standard InChI is InChI=1S/C54H36O3P2/c1-2-36-25-30-46-40(35-36)27-32-48(57-58-49-33-28-38-16-10-13-23-44(38)53(49)51-43-22-12-9-15-37(43)26-31-47(51)56-58)52(46)54-45-24-14-11-17-39(45)29-34-50(54)59(55,41-18-5-3-6-19-41)42-20-7-4-8-21-42/h2-35H,1H2/t58-/m1/s1. The van der Waals surface area contributed by atoms with E-state index >= 15 is 4.57 Å². The Bertz CT molecular complexity index is 3300. The summed E-state index contributed by atoms with van der Waals surface area (Å²) in [5.41, 5.74) is 4.97. The summed E-state index contributed by atoms with van der Waals surface area (Å²) in [6, 6.07) is 68.5. The fourth-order valence-corrected chi connectivity index (χ4v) is 13.2. The largest absolute Gasteiger partial charge is 0.435 e. The van der Waals surface area contributed by atoms with Crippen molar-refractivity contribution in [3.8, 4) is 33.8 Å². The Hall–Kier alpha value is -6.76. The molecule has 280 valence electrons. The molecule has 10 aromatic rings. The molecule has 1 aliphatic rings. The molecule has 1 heterocycles. The van der Waals surface area contributed by atoms with Gasteiger partial charge >= 0.3 is 8.38 Å². The van der Waals surface area contributed by atoms with Gasteiger partial charge in [-0.15, -0.1) is 0 Å². The van der Waals surface area contributed by atoms with Gasteiger partial charge in [0.05, 0.1) is 5.30 Å². The molecule has 0 bridgehead atoms. The van der Waals surface area contributed by atoms with E-state index in [-0.39, 0.29) is 0 Å². The normalized spacial score (nSPS) is 13.5. The van der Waals surface area contributed by atoms with Crippen molar-refractivity contribution in [2.24, 2.45) is 0 Å². The molecule has 0 spiro atoms. The number of rotatable bonds is 7. The predicted octanol–water partition coefficient (Wildman–Crippen LogP) is 13.3. The molecule has 0 amide bonds. The summed E-state index contributed by atoms with van der Waals surface area (Å²) in [5.74, 6) is 1.45. The van der Waals surface area contributed by atoms with Crippen LogP contribution in [0.15, 0.2) is 207 Å². The van der Waals surface area contributed by atoms with Crippen molar-refractivity contribution in [3.63, 3.8) is 0 Å². The van der Waals surface area contributed by atoms with Crippen molar-refractivity contribution in [2.75, 3.05) is 0 Å². The Labute approximate surface area is 344 Å². The van der Waals surface area contributed by atoms with Crippen LogP contribution in [0, 0.1) is 0 Å². The van der Waals surface area contributed by atoms with Crippen LogP contribution in [0.1, 0.15) is 5.56 Å². The molecule has 10 aromatic carbocycles. The summed E-state index contributed by atoms with van der Waals surface area (Å²) in [7, 11) is -5.19. The fraction of sp³-hybridized carbons (Fsp3) is 0. The van der Waals surface area contributed by atoms with Crippen LogP contribution < -0.4 is 30.3 Å². The quantitative estimate of drug-likeness (QED) is 0.151. The zero-order valence-electron chi connectivity index (χ0n) is 32.0. The number of fused-ring (bicyclic) bond motifs is 9. The van der Waals surface area contributed by atoms with Gasteiger partial charge in [-0.3, -0.25) is 0 Å². The van der Waals surface area contributed by atoms with Crippen LogP contribution in [-0.2, 0) is 4.57 Å². The van der Waals surface area contributed by atoms with Crippen LogP contribution in [-0.4, -0.2) is 0 Å². The topological polar surface area (TPSA) is 35.5 Å². The summed E-state index contributed by atoms with van der Waals surface area (Å²) >= 11 is 0. The Balaban J connectivity index is 1.21.